The number of rotatable bonds is 3. The lowest BCUT2D eigenvalue weighted by Gasteiger charge is -2.31. The fraction of sp³-hybridized carbons (Fsp3) is 0.444. The minimum atomic E-state index is 0.568. The molecule has 1 atom stereocenters. The Morgan fingerprint density at radius 3 is 2.96 bits per heavy atom. The molecule has 4 rings (SSSR count). The summed E-state index contributed by atoms with van der Waals surface area (Å²) < 4.78 is 3.27. The van der Waals surface area contributed by atoms with Crippen molar-refractivity contribution in [2.75, 3.05) is 13.1 Å². The largest absolute Gasteiger partial charge is 0.298 e. The Morgan fingerprint density at radius 2 is 2.17 bits per heavy atom. The summed E-state index contributed by atoms with van der Waals surface area (Å²) in [5.74, 6) is 0.568. The standard InChI is InChI=1S/C18H22N4S/c1-13-15(10-19-21(13)2)12-22-9-5-6-14(11-22)18-20-16-7-3-4-8-17(16)23-18/h3-4,7-8,10,14H,5-6,9,11-12H2,1-2H3/t14-/m0/s1. The number of fused-ring (bicyclic) bond motifs is 1. The number of thiazole rings is 1. The van der Waals surface area contributed by atoms with Crippen LogP contribution in [0.3, 0.4) is 0 Å². The number of benzene rings is 1. The van der Waals surface area contributed by atoms with E-state index in [1.54, 1.807) is 0 Å². The smallest absolute Gasteiger partial charge is 0.0982 e. The molecule has 23 heavy (non-hydrogen) atoms. The Labute approximate surface area is 140 Å². The number of para-hydroxylation sites is 1. The van der Waals surface area contributed by atoms with E-state index < -0.39 is 0 Å². The van der Waals surface area contributed by atoms with Crippen LogP contribution >= 0.6 is 11.3 Å². The fourth-order valence-electron chi connectivity index (χ4n) is 3.41. The first-order valence-electron chi connectivity index (χ1n) is 8.26. The lowest BCUT2D eigenvalue weighted by molar-refractivity contribution is 0.200. The van der Waals surface area contributed by atoms with Gasteiger partial charge in [-0.1, -0.05) is 12.1 Å². The van der Waals surface area contributed by atoms with E-state index in [-0.39, 0.29) is 0 Å². The molecule has 1 aromatic carbocycles. The molecule has 1 aliphatic rings. The Bertz CT molecular complexity index is 786. The van der Waals surface area contributed by atoms with Gasteiger partial charge < -0.3 is 0 Å². The highest BCUT2D eigenvalue weighted by molar-refractivity contribution is 7.18. The normalized spacial score (nSPS) is 19.5. The number of aromatic nitrogens is 3. The molecule has 120 valence electrons. The Kier molecular flexibility index (Phi) is 3.91. The van der Waals surface area contributed by atoms with Crippen molar-refractivity contribution >= 4 is 21.6 Å². The molecule has 3 aromatic rings. The van der Waals surface area contributed by atoms with Crippen LogP contribution in [0.1, 0.15) is 35.0 Å². The van der Waals surface area contributed by atoms with Crippen molar-refractivity contribution < 1.29 is 0 Å². The topological polar surface area (TPSA) is 34.0 Å². The molecule has 1 fully saturated rings. The fourth-order valence-corrected chi connectivity index (χ4v) is 4.50. The van der Waals surface area contributed by atoms with E-state index in [0.717, 1.165) is 18.6 Å². The van der Waals surface area contributed by atoms with Crippen LogP contribution in [0.4, 0.5) is 0 Å². The number of piperidine rings is 1. The third-order valence-corrected chi connectivity index (χ3v) is 6.09. The molecule has 1 aliphatic heterocycles. The van der Waals surface area contributed by atoms with Gasteiger partial charge in [0.05, 0.1) is 21.4 Å². The maximum absolute atomic E-state index is 4.87. The zero-order valence-corrected chi connectivity index (χ0v) is 14.5. The first-order chi connectivity index (χ1) is 11.2. The summed E-state index contributed by atoms with van der Waals surface area (Å²) in [5, 5.41) is 5.67. The molecule has 3 heterocycles. The first kappa shape index (κ1) is 14.8. The second kappa shape index (κ2) is 6.06. The van der Waals surface area contributed by atoms with E-state index in [1.807, 2.05) is 29.3 Å². The predicted octanol–water partition coefficient (Wildman–Crippen LogP) is 3.72. The van der Waals surface area contributed by atoms with Crippen molar-refractivity contribution in [2.24, 2.45) is 7.05 Å². The minimum absolute atomic E-state index is 0.568. The summed E-state index contributed by atoms with van der Waals surface area (Å²) in [6.07, 6.45) is 4.51. The Balaban J connectivity index is 1.51. The van der Waals surface area contributed by atoms with Crippen molar-refractivity contribution in [1.82, 2.24) is 19.7 Å². The molecule has 0 radical (unpaired) electrons. The van der Waals surface area contributed by atoms with Gasteiger partial charge in [-0.15, -0.1) is 11.3 Å². The average Bonchev–Trinajstić information content (AvgIpc) is 3.14. The number of hydrogen-bond donors (Lipinski definition) is 0. The maximum Gasteiger partial charge on any atom is 0.0982 e. The van der Waals surface area contributed by atoms with Gasteiger partial charge in [0, 0.05) is 37.3 Å². The molecule has 0 spiro atoms. The summed E-state index contributed by atoms with van der Waals surface area (Å²) >= 11 is 1.87. The first-order valence-corrected chi connectivity index (χ1v) is 9.07. The summed E-state index contributed by atoms with van der Waals surface area (Å²) in [5.41, 5.74) is 3.76. The monoisotopic (exact) mass is 326 g/mol. The van der Waals surface area contributed by atoms with Crippen LogP contribution in [0.5, 0.6) is 0 Å². The SMILES string of the molecule is Cc1c(CN2CCC[C@H](c3nc4ccccc4s3)C2)cnn1C. The Hall–Kier alpha value is -1.72. The Morgan fingerprint density at radius 1 is 1.30 bits per heavy atom. The van der Waals surface area contributed by atoms with E-state index in [4.69, 9.17) is 4.98 Å². The van der Waals surface area contributed by atoms with Crippen LogP contribution < -0.4 is 0 Å². The summed E-state index contributed by atoms with van der Waals surface area (Å²) in [7, 11) is 2.01. The number of aryl methyl sites for hydroxylation is 1. The van der Waals surface area contributed by atoms with E-state index in [9.17, 15) is 0 Å². The highest BCUT2D eigenvalue weighted by Crippen LogP contribution is 2.33. The predicted molar refractivity (Wildman–Crippen MR) is 94.8 cm³/mol. The van der Waals surface area contributed by atoms with Crippen LogP contribution in [0.15, 0.2) is 30.5 Å². The van der Waals surface area contributed by atoms with Crippen molar-refractivity contribution in [1.29, 1.82) is 0 Å². The number of nitrogens with zero attached hydrogens (tertiary/aromatic N) is 4. The molecular formula is C18H22N4S. The van der Waals surface area contributed by atoms with Crippen LogP contribution in [0.2, 0.25) is 0 Å². The quantitative estimate of drug-likeness (QED) is 0.735. The molecule has 1 saturated heterocycles. The molecule has 2 aromatic heterocycles. The molecule has 5 heteroatoms. The van der Waals surface area contributed by atoms with Crippen LogP contribution in [0, 0.1) is 6.92 Å². The third-order valence-electron chi connectivity index (χ3n) is 4.90. The lowest BCUT2D eigenvalue weighted by atomic mass is 9.98. The summed E-state index contributed by atoms with van der Waals surface area (Å²) in [4.78, 5) is 7.43. The van der Waals surface area contributed by atoms with Crippen LogP contribution in [0.25, 0.3) is 10.2 Å². The number of likely N-dealkylation sites (tertiary alicyclic amines) is 1. The maximum atomic E-state index is 4.87. The zero-order chi connectivity index (χ0) is 15.8. The van der Waals surface area contributed by atoms with Crippen LogP contribution in [-0.4, -0.2) is 32.8 Å². The van der Waals surface area contributed by atoms with E-state index in [2.05, 4.69) is 41.2 Å². The lowest BCUT2D eigenvalue weighted by Crippen LogP contribution is -2.34. The van der Waals surface area contributed by atoms with E-state index in [1.165, 1.54) is 40.4 Å². The van der Waals surface area contributed by atoms with E-state index >= 15 is 0 Å². The molecule has 0 aliphatic carbocycles. The molecule has 0 bridgehead atoms. The minimum Gasteiger partial charge on any atom is -0.298 e. The average molecular weight is 326 g/mol. The second-order valence-corrected chi connectivity index (χ2v) is 7.54. The molecule has 4 nitrogen and oxygen atoms in total. The molecule has 0 amide bonds. The van der Waals surface area contributed by atoms with Gasteiger partial charge in [0.15, 0.2) is 0 Å². The summed E-state index contributed by atoms with van der Waals surface area (Å²) in [6.45, 7) is 5.43. The van der Waals surface area contributed by atoms with Gasteiger partial charge in [0.1, 0.15) is 0 Å². The molecule has 0 saturated carbocycles. The molecule has 0 unspecified atom stereocenters. The van der Waals surface area contributed by atoms with Crippen molar-refractivity contribution in [3.63, 3.8) is 0 Å². The van der Waals surface area contributed by atoms with Gasteiger partial charge in [0.2, 0.25) is 0 Å². The van der Waals surface area contributed by atoms with Gasteiger partial charge in [-0.3, -0.25) is 9.58 Å². The molecular weight excluding hydrogens is 304 g/mol. The van der Waals surface area contributed by atoms with E-state index in [0.29, 0.717) is 5.92 Å². The van der Waals surface area contributed by atoms with Gasteiger partial charge >= 0.3 is 0 Å². The second-order valence-electron chi connectivity index (χ2n) is 6.47. The number of hydrogen-bond acceptors (Lipinski definition) is 4. The van der Waals surface area contributed by atoms with Gasteiger partial charge in [-0.2, -0.15) is 5.10 Å². The third kappa shape index (κ3) is 2.91. The van der Waals surface area contributed by atoms with Crippen LogP contribution in [-0.2, 0) is 13.6 Å². The van der Waals surface area contributed by atoms with Crippen molar-refractivity contribution in [2.45, 2.75) is 32.2 Å². The highest BCUT2D eigenvalue weighted by atomic mass is 32.1. The van der Waals surface area contributed by atoms with Gasteiger partial charge in [0.25, 0.3) is 0 Å². The van der Waals surface area contributed by atoms with Gasteiger partial charge in [-0.25, -0.2) is 4.98 Å². The highest BCUT2D eigenvalue weighted by Gasteiger charge is 2.24. The molecule has 0 N–H and O–H groups in total. The van der Waals surface area contributed by atoms with Crippen molar-refractivity contribution in [3.8, 4) is 0 Å². The zero-order valence-electron chi connectivity index (χ0n) is 13.7. The van der Waals surface area contributed by atoms with Crippen molar-refractivity contribution in [3.05, 3.63) is 46.7 Å². The van der Waals surface area contributed by atoms with Gasteiger partial charge in [-0.05, 0) is 38.4 Å². The summed E-state index contributed by atoms with van der Waals surface area (Å²) in [6, 6.07) is 8.47.